The summed E-state index contributed by atoms with van der Waals surface area (Å²) in [6, 6.07) is 11.4. The summed E-state index contributed by atoms with van der Waals surface area (Å²) in [7, 11) is 1.55. The van der Waals surface area contributed by atoms with Crippen LogP contribution in [0.15, 0.2) is 47.6 Å². The monoisotopic (exact) mass is 468 g/mol. The van der Waals surface area contributed by atoms with E-state index in [1.807, 2.05) is 39.8 Å². The number of carbonyl (C=O) groups excluding carboxylic acids is 2. The Morgan fingerprint density at radius 2 is 1.88 bits per heavy atom. The minimum atomic E-state index is -0.387. The van der Waals surface area contributed by atoms with E-state index in [1.54, 1.807) is 19.2 Å². The molecular formula is C26H33FN4O3. The van der Waals surface area contributed by atoms with Crippen molar-refractivity contribution in [3.63, 3.8) is 0 Å². The smallest absolute Gasteiger partial charge is 0.318 e. The van der Waals surface area contributed by atoms with Crippen LogP contribution in [0.5, 0.6) is 0 Å². The minimum absolute atomic E-state index is 0.0687. The van der Waals surface area contributed by atoms with E-state index in [4.69, 9.17) is 4.74 Å². The highest BCUT2D eigenvalue weighted by Crippen LogP contribution is 2.33. The molecule has 0 unspecified atom stereocenters. The molecule has 34 heavy (non-hydrogen) atoms. The van der Waals surface area contributed by atoms with Gasteiger partial charge in [-0.15, -0.1) is 0 Å². The lowest BCUT2D eigenvalue weighted by Gasteiger charge is -2.27. The highest BCUT2D eigenvalue weighted by atomic mass is 19.1. The summed E-state index contributed by atoms with van der Waals surface area (Å²) in [6.45, 7) is 8.22. The summed E-state index contributed by atoms with van der Waals surface area (Å²) in [6.07, 6.45) is 0.496. The van der Waals surface area contributed by atoms with Crippen LogP contribution in [0, 0.1) is 19.7 Å². The van der Waals surface area contributed by atoms with Crippen molar-refractivity contribution in [1.29, 1.82) is 0 Å². The van der Waals surface area contributed by atoms with Crippen LogP contribution in [0.2, 0.25) is 0 Å². The highest BCUT2D eigenvalue weighted by Gasteiger charge is 2.34. The van der Waals surface area contributed by atoms with Gasteiger partial charge in [0.15, 0.2) is 0 Å². The molecule has 3 rings (SSSR count). The zero-order valence-electron chi connectivity index (χ0n) is 20.5. The van der Waals surface area contributed by atoms with Gasteiger partial charge in [0.05, 0.1) is 18.4 Å². The number of amides is 3. The Morgan fingerprint density at radius 3 is 2.50 bits per heavy atom. The van der Waals surface area contributed by atoms with Gasteiger partial charge in [-0.05, 0) is 68.1 Å². The van der Waals surface area contributed by atoms with Crippen LogP contribution in [0.25, 0.3) is 0 Å². The first kappa shape index (κ1) is 25.4. The van der Waals surface area contributed by atoms with E-state index in [2.05, 4.69) is 16.5 Å². The number of benzene rings is 2. The predicted octanol–water partition coefficient (Wildman–Crippen LogP) is 4.19. The molecular weight excluding hydrogens is 435 g/mol. The maximum absolute atomic E-state index is 13.6. The number of aryl methyl sites for hydroxylation is 2. The van der Waals surface area contributed by atoms with Gasteiger partial charge in [-0.1, -0.05) is 24.3 Å². The van der Waals surface area contributed by atoms with E-state index in [-0.39, 0.29) is 42.9 Å². The van der Waals surface area contributed by atoms with Crippen molar-refractivity contribution in [2.75, 3.05) is 26.8 Å². The van der Waals surface area contributed by atoms with Gasteiger partial charge in [-0.2, -0.15) is 5.10 Å². The van der Waals surface area contributed by atoms with E-state index in [9.17, 15) is 14.0 Å². The number of urea groups is 1. The molecule has 0 aromatic heterocycles. The highest BCUT2D eigenvalue weighted by molar-refractivity contribution is 6.03. The Balaban J connectivity index is 1.90. The van der Waals surface area contributed by atoms with Crippen LogP contribution in [0.1, 0.15) is 48.6 Å². The number of hydrogen-bond acceptors (Lipinski definition) is 4. The third-order valence-electron chi connectivity index (χ3n) is 5.85. The predicted molar refractivity (Wildman–Crippen MR) is 130 cm³/mol. The maximum Gasteiger partial charge on any atom is 0.318 e. The third-order valence-corrected chi connectivity index (χ3v) is 5.85. The molecule has 1 N–H and O–H groups in total. The lowest BCUT2D eigenvalue weighted by molar-refractivity contribution is -0.133. The fraction of sp³-hybridized carbons (Fsp3) is 0.423. The molecule has 1 atom stereocenters. The van der Waals surface area contributed by atoms with E-state index in [0.29, 0.717) is 13.0 Å². The average Bonchev–Trinajstić information content (AvgIpc) is 3.24. The minimum Gasteiger partial charge on any atom is -0.383 e. The molecule has 3 amide bonds. The second-order valence-electron chi connectivity index (χ2n) is 8.87. The largest absolute Gasteiger partial charge is 0.383 e. The summed E-state index contributed by atoms with van der Waals surface area (Å²) < 4.78 is 18.7. The van der Waals surface area contributed by atoms with E-state index >= 15 is 0 Å². The second-order valence-corrected chi connectivity index (χ2v) is 8.87. The Hall–Kier alpha value is -3.26. The number of nitrogens with one attached hydrogen (secondary N) is 1. The number of nitrogens with zero attached hydrogens (tertiary/aromatic N) is 3. The van der Waals surface area contributed by atoms with Crippen LogP contribution in [-0.4, -0.2) is 60.4 Å². The first-order valence-corrected chi connectivity index (χ1v) is 11.5. The Bertz CT molecular complexity index is 1050. The lowest BCUT2D eigenvalue weighted by atomic mass is 9.96. The normalized spacial score (nSPS) is 15.4. The van der Waals surface area contributed by atoms with Crippen molar-refractivity contribution in [2.45, 2.75) is 46.2 Å². The van der Waals surface area contributed by atoms with Crippen LogP contribution in [0.3, 0.4) is 0 Å². The number of halogens is 1. The van der Waals surface area contributed by atoms with Crippen LogP contribution >= 0.6 is 0 Å². The Labute approximate surface area is 200 Å². The van der Waals surface area contributed by atoms with E-state index in [1.165, 1.54) is 27.6 Å². The van der Waals surface area contributed by atoms with E-state index in [0.717, 1.165) is 22.4 Å². The van der Waals surface area contributed by atoms with Gasteiger partial charge in [0.1, 0.15) is 12.4 Å². The Morgan fingerprint density at radius 1 is 1.18 bits per heavy atom. The standard InChI is InChI=1S/C26H33FN4O3/c1-17(2)28-26(33)30(12-13-34-5)16-25(32)31-24(20-8-10-22(27)11-9-20)15-23(29-31)21-7-6-18(3)19(4)14-21/h6-11,14,17,24H,12-13,15-16H2,1-5H3,(H,28,33)/t24-/m0/s1. The van der Waals surface area contributed by atoms with Gasteiger partial charge in [0.25, 0.3) is 5.91 Å². The van der Waals surface area contributed by atoms with Gasteiger partial charge in [-0.25, -0.2) is 14.2 Å². The molecule has 0 saturated carbocycles. The Kier molecular flexibility index (Phi) is 8.39. The molecule has 0 radical (unpaired) electrons. The SMILES string of the molecule is COCCN(CC(=O)N1N=C(c2ccc(C)c(C)c2)C[C@H]1c1ccc(F)cc1)C(=O)NC(C)C. The number of ether oxygens (including phenoxy) is 1. The first-order valence-electron chi connectivity index (χ1n) is 11.5. The quantitative estimate of drug-likeness (QED) is 0.631. The van der Waals surface area contributed by atoms with Gasteiger partial charge in [0.2, 0.25) is 0 Å². The van der Waals surface area contributed by atoms with Crippen molar-refractivity contribution >= 4 is 17.6 Å². The lowest BCUT2D eigenvalue weighted by Crippen LogP contribution is -2.48. The van der Waals surface area contributed by atoms with Crippen LogP contribution in [-0.2, 0) is 9.53 Å². The second kappa shape index (κ2) is 11.2. The van der Waals surface area contributed by atoms with Crippen LogP contribution < -0.4 is 5.32 Å². The molecule has 7 nitrogen and oxygen atoms in total. The molecule has 8 heteroatoms. The molecule has 0 saturated heterocycles. The summed E-state index contributed by atoms with van der Waals surface area (Å²) in [5.74, 6) is -0.658. The van der Waals surface area contributed by atoms with Gasteiger partial charge in [0, 0.05) is 26.1 Å². The summed E-state index contributed by atoms with van der Waals surface area (Å²) in [5, 5.41) is 8.94. The molecule has 0 aliphatic carbocycles. The summed E-state index contributed by atoms with van der Waals surface area (Å²) >= 11 is 0. The van der Waals surface area contributed by atoms with E-state index < -0.39 is 0 Å². The van der Waals surface area contributed by atoms with Crippen molar-refractivity contribution in [3.8, 4) is 0 Å². The summed E-state index contributed by atoms with van der Waals surface area (Å²) in [4.78, 5) is 27.5. The topological polar surface area (TPSA) is 74.2 Å². The van der Waals surface area contributed by atoms with Gasteiger partial charge >= 0.3 is 6.03 Å². The number of hydrazone groups is 1. The molecule has 182 valence electrons. The van der Waals surface area contributed by atoms with Gasteiger partial charge in [-0.3, -0.25) is 4.79 Å². The van der Waals surface area contributed by atoms with Crippen LogP contribution in [0.4, 0.5) is 9.18 Å². The zero-order valence-corrected chi connectivity index (χ0v) is 20.5. The zero-order chi connectivity index (χ0) is 24.8. The molecule has 1 aliphatic rings. The fourth-order valence-electron chi connectivity index (χ4n) is 3.81. The molecule has 0 spiro atoms. The van der Waals surface area contributed by atoms with Gasteiger partial charge < -0.3 is 15.0 Å². The number of methoxy groups -OCH3 is 1. The average molecular weight is 469 g/mol. The van der Waals surface area contributed by atoms with Crippen molar-refractivity contribution in [1.82, 2.24) is 15.2 Å². The molecule has 0 fully saturated rings. The van der Waals surface area contributed by atoms with Crippen molar-refractivity contribution < 1.29 is 18.7 Å². The first-order chi connectivity index (χ1) is 16.2. The molecule has 2 aromatic rings. The number of rotatable bonds is 8. The maximum atomic E-state index is 13.6. The molecule has 1 aliphatic heterocycles. The number of hydrogen-bond donors (Lipinski definition) is 1. The molecule has 0 bridgehead atoms. The molecule has 2 aromatic carbocycles. The number of carbonyl (C=O) groups is 2. The fourth-order valence-corrected chi connectivity index (χ4v) is 3.81. The van der Waals surface area contributed by atoms with Crippen molar-refractivity contribution in [2.24, 2.45) is 5.10 Å². The molecule has 1 heterocycles. The van der Waals surface area contributed by atoms with Crippen molar-refractivity contribution in [3.05, 3.63) is 70.5 Å². The summed E-state index contributed by atoms with van der Waals surface area (Å²) in [5.41, 5.74) is 4.82. The third kappa shape index (κ3) is 6.20.